The normalized spacial score (nSPS) is 20.2. The zero-order valence-electron chi connectivity index (χ0n) is 5.43. The van der Waals surface area contributed by atoms with Crippen LogP contribution in [0.25, 0.3) is 0 Å². The van der Waals surface area contributed by atoms with Gasteiger partial charge in [0.25, 0.3) is 0 Å². The zero-order chi connectivity index (χ0) is 10.6. The second kappa shape index (κ2) is 3.23. The van der Waals surface area contributed by atoms with Crippen molar-refractivity contribution in [3.8, 4) is 0 Å². The van der Waals surface area contributed by atoms with Crippen LogP contribution >= 0.6 is 0 Å². The molecule has 0 rings (SSSR count). The van der Waals surface area contributed by atoms with Gasteiger partial charge in [-0.15, -0.1) is 0 Å². The molecule has 0 aliphatic carbocycles. The molecule has 0 unspecified atom stereocenters. The van der Waals surface area contributed by atoms with Crippen LogP contribution in [-0.2, 0) is 19.4 Å². The van der Waals surface area contributed by atoms with Gasteiger partial charge in [0, 0.05) is 0 Å². The molecule has 4 nitrogen and oxygen atoms in total. The monoisotopic (exact) mass is 317 g/mol. The van der Waals surface area contributed by atoms with Crippen molar-refractivity contribution in [2.75, 3.05) is 0 Å². The second-order valence-corrected chi connectivity index (χ2v) is 9.31. The molecule has 0 atom stereocenters. The Labute approximate surface area is 116 Å². The van der Waals surface area contributed by atoms with E-state index in [1.807, 2.05) is 0 Å². The third-order valence-electron chi connectivity index (χ3n) is 0.368. The molecule has 14 heteroatoms. The van der Waals surface area contributed by atoms with E-state index in [4.69, 9.17) is 14.4 Å². The molecule has 14 heavy (non-hydrogen) atoms. The molecule has 0 saturated heterocycles. The summed E-state index contributed by atoms with van der Waals surface area (Å²) in [5.74, 6) is 0. The minimum atomic E-state index is -13.2. The Kier molecular flexibility index (Phi) is 4.89. The van der Waals surface area contributed by atoms with E-state index in [-0.39, 0.29) is 56.1 Å². The van der Waals surface area contributed by atoms with Gasteiger partial charge in [0.2, 0.25) is 0 Å². The number of hydrogen-bond acceptors (Lipinski definition) is 4. The molecule has 0 spiro atoms. The predicted octanol–water partition coefficient (Wildman–Crippen LogP) is -0.0975. The van der Waals surface area contributed by atoms with Crippen LogP contribution in [0, 0.1) is 0 Å². The maximum atomic E-state index is 11.1. The molecule has 0 aliphatic rings. The zero-order valence-corrected chi connectivity index (χ0v) is 7.99. The van der Waals surface area contributed by atoms with Crippen molar-refractivity contribution in [2.45, 2.75) is 0 Å². The van der Waals surface area contributed by atoms with Gasteiger partial charge in [0.05, 0.1) is 0 Å². The maximum absolute atomic E-state index is 13.2. The molecule has 0 fully saturated rings. The van der Waals surface area contributed by atoms with Crippen molar-refractivity contribution in [2.24, 2.45) is 0 Å². The van der Waals surface area contributed by atoms with Gasteiger partial charge in [0.1, 0.15) is 0 Å². The summed E-state index contributed by atoms with van der Waals surface area (Å²) in [5.41, 5.74) is 0. The molecular formula is H5F7KO4SiTi. The third kappa shape index (κ3) is 19.5. The van der Waals surface area contributed by atoms with Gasteiger partial charge < -0.3 is 0 Å². The van der Waals surface area contributed by atoms with Gasteiger partial charge in [-0.2, -0.15) is 0 Å². The standard InChI is InChI=1S/7FH.K.H3O4Si.Ti.H/c;;;;;;;;1-5(2,3)4;;/h7*1H;;1-3H;;/q;;;;;;;;-1;+7;/p-6. The molecule has 87 valence electrons. The first-order valence-corrected chi connectivity index (χ1v) is 8.14. The summed E-state index contributed by atoms with van der Waals surface area (Å²) in [7, 11) is -6.68. The summed E-state index contributed by atoms with van der Waals surface area (Å²) in [6.07, 6.45) is 0. The molecular weight excluding hydrogens is 312 g/mol. The Bertz CT molecular complexity index is 211. The van der Waals surface area contributed by atoms with Crippen molar-refractivity contribution >= 4 is 60.4 Å². The molecule has 3 N–H and O–H groups in total. The van der Waals surface area contributed by atoms with Crippen molar-refractivity contribution in [3.63, 3.8) is 0 Å². The predicted molar refractivity (Wildman–Crippen MR) is 29.8 cm³/mol. The molecule has 0 aromatic carbocycles. The van der Waals surface area contributed by atoms with E-state index in [1.165, 1.54) is 3.01 Å². The Morgan fingerprint density at radius 3 is 1.07 bits per heavy atom. The molecule has 0 aromatic rings. The van der Waals surface area contributed by atoms with E-state index in [2.05, 4.69) is 0 Å². The second-order valence-electron chi connectivity index (χ2n) is 2.21. The molecule has 0 radical (unpaired) electrons. The number of hydrogen-bond donors (Lipinski definition) is 3. The van der Waals surface area contributed by atoms with E-state index in [0.717, 1.165) is 0 Å². The van der Waals surface area contributed by atoms with Gasteiger partial charge in [-0.1, -0.05) is 0 Å². The molecule has 0 aliphatic heterocycles. The van der Waals surface area contributed by atoms with Gasteiger partial charge in [-0.05, 0) is 0 Å². The quantitative estimate of drug-likeness (QED) is 0.491. The fourth-order valence-corrected chi connectivity index (χ4v) is 3.84. The molecule has 0 aromatic heterocycles. The number of rotatable bonds is 2. The van der Waals surface area contributed by atoms with Crippen LogP contribution in [0.15, 0.2) is 0 Å². The van der Waals surface area contributed by atoms with Crippen molar-refractivity contribution in [1.29, 1.82) is 0 Å². The van der Waals surface area contributed by atoms with Gasteiger partial charge in [0.15, 0.2) is 0 Å². The van der Waals surface area contributed by atoms with Crippen LogP contribution in [-0.4, -0.2) is 74.8 Å². The minimum absolute atomic E-state index is 0. The van der Waals surface area contributed by atoms with Crippen LogP contribution in [0.3, 0.4) is 0 Å². The van der Waals surface area contributed by atoms with Crippen LogP contribution in [0.5, 0.6) is 0 Å². The SMILES string of the molecule is F.O[Si](O)(O)[O][Ti]([F])([F])([F])([F])([F])[F].[KH]. The van der Waals surface area contributed by atoms with E-state index >= 15 is 0 Å². The van der Waals surface area contributed by atoms with E-state index in [1.54, 1.807) is 0 Å². The first-order valence-electron chi connectivity index (χ1n) is 2.21. The van der Waals surface area contributed by atoms with Crippen LogP contribution in [0.1, 0.15) is 0 Å². The van der Waals surface area contributed by atoms with Crippen molar-refractivity contribution in [1.82, 2.24) is 0 Å². The Morgan fingerprint density at radius 2 is 1.07 bits per heavy atom. The summed E-state index contributed by atoms with van der Waals surface area (Å²) < 4.78 is 67.9. The Balaban J connectivity index is -0.000000605. The fourth-order valence-electron chi connectivity index (χ4n) is 0.311. The summed E-state index contributed by atoms with van der Waals surface area (Å²) in [4.78, 5) is 22.4. The summed E-state index contributed by atoms with van der Waals surface area (Å²) in [6.45, 7) is 0. The summed E-state index contributed by atoms with van der Waals surface area (Å²) >= 11 is -13.2. The van der Waals surface area contributed by atoms with Crippen molar-refractivity contribution < 1.29 is 57.0 Å². The third-order valence-corrected chi connectivity index (χ3v) is 4.56. The van der Waals surface area contributed by atoms with Gasteiger partial charge >= 0.3 is 113 Å². The average molecular weight is 317 g/mol. The molecule has 0 heterocycles. The van der Waals surface area contributed by atoms with Crippen molar-refractivity contribution in [3.05, 3.63) is 0 Å². The molecule has 0 amide bonds. The Morgan fingerprint density at radius 1 is 0.857 bits per heavy atom. The van der Waals surface area contributed by atoms with E-state index in [9.17, 15) is 18.6 Å². The van der Waals surface area contributed by atoms with Gasteiger partial charge in [-0.3, -0.25) is 4.70 Å². The summed E-state index contributed by atoms with van der Waals surface area (Å²) in [5, 5.41) is 0. The first kappa shape index (κ1) is 21.2. The first-order chi connectivity index (χ1) is 4.39. The molecule has 0 bridgehead atoms. The van der Waals surface area contributed by atoms with Crippen LogP contribution in [0.4, 0.5) is 23.3 Å². The fraction of sp³-hybridized carbons (Fsp3) is 0. The molecule has 0 saturated carbocycles. The Hall–Kier alpha value is 1.92. The average Bonchev–Trinajstić information content (AvgIpc) is 1.02. The summed E-state index contributed by atoms with van der Waals surface area (Å²) in [6, 6.07) is 0. The number of halogens is 7. The van der Waals surface area contributed by atoms with Gasteiger partial charge in [-0.25, -0.2) is 0 Å². The van der Waals surface area contributed by atoms with E-state index in [0.29, 0.717) is 0 Å². The van der Waals surface area contributed by atoms with E-state index < -0.39 is 25.4 Å². The van der Waals surface area contributed by atoms with Crippen LogP contribution in [0.2, 0.25) is 0 Å². The van der Waals surface area contributed by atoms with Crippen LogP contribution < -0.4 is 0 Å². The topological polar surface area (TPSA) is 69.9 Å².